The third-order valence-electron chi connectivity index (χ3n) is 3.57. The molecule has 0 saturated heterocycles. The van der Waals surface area contributed by atoms with Crippen LogP contribution in [0.2, 0.25) is 0 Å². The number of carbonyl (C=O) groups excluding carboxylic acids is 3. The summed E-state index contributed by atoms with van der Waals surface area (Å²) in [6, 6.07) is 4.29. The first-order valence-electron chi connectivity index (χ1n) is 7.52. The largest absolute Gasteiger partial charge is 0.465 e. The molecule has 0 fully saturated rings. The first kappa shape index (κ1) is 17.7. The van der Waals surface area contributed by atoms with E-state index >= 15 is 0 Å². The summed E-state index contributed by atoms with van der Waals surface area (Å²) < 4.78 is 9.33. The zero-order chi connectivity index (χ0) is 17.5. The van der Waals surface area contributed by atoms with E-state index in [1.807, 2.05) is 11.0 Å². The molecule has 0 aromatic heterocycles. The van der Waals surface area contributed by atoms with Crippen LogP contribution in [0.5, 0.6) is 0 Å². The first-order chi connectivity index (χ1) is 11.5. The maximum atomic E-state index is 12.2. The second-order valence-electron chi connectivity index (χ2n) is 5.33. The number of benzene rings is 1. The van der Waals surface area contributed by atoms with Crippen LogP contribution in [0.25, 0.3) is 0 Å². The summed E-state index contributed by atoms with van der Waals surface area (Å²) in [5.41, 5.74) is 0.670. The molecule has 2 rings (SSSR count). The Balaban J connectivity index is 2.15. The van der Waals surface area contributed by atoms with Gasteiger partial charge in [-0.3, -0.25) is 9.69 Å². The molecule has 1 aromatic carbocycles. The Hall–Kier alpha value is -2.67. The van der Waals surface area contributed by atoms with Gasteiger partial charge in [0.05, 0.1) is 31.9 Å². The van der Waals surface area contributed by atoms with Crippen molar-refractivity contribution >= 4 is 23.5 Å². The summed E-state index contributed by atoms with van der Waals surface area (Å²) in [7, 11) is 2.49. The summed E-state index contributed by atoms with van der Waals surface area (Å²) in [6.45, 7) is 1.78. The van der Waals surface area contributed by atoms with Crippen molar-refractivity contribution in [2.45, 2.75) is 6.42 Å². The van der Waals surface area contributed by atoms with Crippen molar-refractivity contribution in [1.29, 1.82) is 0 Å². The minimum Gasteiger partial charge on any atom is -0.465 e. The zero-order valence-electron chi connectivity index (χ0n) is 13.7. The van der Waals surface area contributed by atoms with Crippen LogP contribution < -0.4 is 5.32 Å². The van der Waals surface area contributed by atoms with Crippen LogP contribution in [0.1, 0.15) is 27.1 Å². The Labute approximate surface area is 140 Å². The summed E-state index contributed by atoms with van der Waals surface area (Å²) in [5.74, 6) is -1.42. The maximum absolute atomic E-state index is 12.2. The molecule has 1 aliphatic heterocycles. The van der Waals surface area contributed by atoms with Crippen LogP contribution in [0.15, 0.2) is 30.4 Å². The molecule has 0 saturated carbocycles. The van der Waals surface area contributed by atoms with Crippen molar-refractivity contribution < 1.29 is 23.9 Å². The fraction of sp³-hybridized carbons (Fsp3) is 0.353. The second-order valence-corrected chi connectivity index (χ2v) is 5.33. The molecule has 128 valence electrons. The Morgan fingerprint density at radius 2 is 1.67 bits per heavy atom. The molecule has 0 atom stereocenters. The first-order valence-corrected chi connectivity index (χ1v) is 7.52. The number of rotatable bonds is 5. The smallest absolute Gasteiger partial charge is 0.337 e. The monoisotopic (exact) mass is 332 g/mol. The van der Waals surface area contributed by atoms with E-state index in [2.05, 4.69) is 20.9 Å². The molecular weight excluding hydrogens is 312 g/mol. The molecule has 1 aromatic rings. The Morgan fingerprint density at radius 3 is 2.17 bits per heavy atom. The van der Waals surface area contributed by atoms with Crippen molar-refractivity contribution in [3.05, 3.63) is 41.5 Å². The molecule has 24 heavy (non-hydrogen) atoms. The number of nitrogens with zero attached hydrogens (tertiary/aromatic N) is 1. The Kier molecular flexibility index (Phi) is 6.08. The molecule has 1 amide bonds. The molecule has 0 bridgehead atoms. The van der Waals surface area contributed by atoms with Gasteiger partial charge >= 0.3 is 11.9 Å². The fourth-order valence-electron chi connectivity index (χ4n) is 2.41. The van der Waals surface area contributed by atoms with Crippen molar-refractivity contribution in [3.63, 3.8) is 0 Å². The molecule has 1 aliphatic rings. The van der Waals surface area contributed by atoms with Crippen LogP contribution in [0.3, 0.4) is 0 Å². The maximum Gasteiger partial charge on any atom is 0.337 e. The van der Waals surface area contributed by atoms with E-state index < -0.39 is 11.9 Å². The van der Waals surface area contributed by atoms with Gasteiger partial charge in [0.25, 0.3) is 0 Å². The highest BCUT2D eigenvalue weighted by atomic mass is 16.5. The normalized spacial score (nSPS) is 14.1. The number of carbonyl (C=O) groups is 3. The molecular formula is C17H20N2O5. The Bertz CT molecular complexity index is 635. The quantitative estimate of drug-likeness (QED) is 0.649. The van der Waals surface area contributed by atoms with E-state index in [1.54, 1.807) is 0 Å². The minimum absolute atomic E-state index is 0.164. The van der Waals surface area contributed by atoms with Crippen LogP contribution >= 0.6 is 0 Å². The third-order valence-corrected chi connectivity index (χ3v) is 3.57. The van der Waals surface area contributed by atoms with Crippen LogP contribution in [0.4, 0.5) is 5.69 Å². The lowest BCUT2D eigenvalue weighted by atomic mass is 10.1. The summed E-state index contributed by atoms with van der Waals surface area (Å²) in [6.07, 6.45) is 5.01. The number of hydrogen-bond donors (Lipinski definition) is 1. The van der Waals surface area contributed by atoms with E-state index in [0.717, 1.165) is 19.5 Å². The van der Waals surface area contributed by atoms with Gasteiger partial charge in [0, 0.05) is 18.8 Å². The summed E-state index contributed by atoms with van der Waals surface area (Å²) in [4.78, 5) is 37.6. The fourth-order valence-corrected chi connectivity index (χ4v) is 2.41. The number of ether oxygens (including phenoxy) is 2. The summed E-state index contributed by atoms with van der Waals surface area (Å²) >= 11 is 0. The van der Waals surface area contributed by atoms with Crippen LogP contribution in [-0.2, 0) is 14.3 Å². The molecule has 1 N–H and O–H groups in total. The highest BCUT2D eigenvalue weighted by Gasteiger charge is 2.16. The van der Waals surface area contributed by atoms with Crippen molar-refractivity contribution in [2.75, 3.05) is 39.2 Å². The number of amides is 1. The lowest BCUT2D eigenvalue weighted by molar-refractivity contribution is -0.117. The number of anilines is 1. The number of esters is 2. The molecule has 0 radical (unpaired) electrons. The van der Waals surface area contributed by atoms with E-state index in [9.17, 15) is 14.4 Å². The zero-order valence-corrected chi connectivity index (χ0v) is 13.7. The van der Waals surface area contributed by atoms with Gasteiger partial charge < -0.3 is 14.8 Å². The number of nitrogens with one attached hydrogen (secondary N) is 1. The molecule has 7 nitrogen and oxygen atoms in total. The van der Waals surface area contributed by atoms with Gasteiger partial charge in [-0.1, -0.05) is 12.2 Å². The van der Waals surface area contributed by atoms with Gasteiger partial charge in [0.2, 0.25) is 5.91 Å². The van der Waals surface area contributed by atoms with Gasteiger partial charge in [-0.05, 0) is 24.6 Å². The standard InChI is InChI=1S/C17H20N2O5/c1-23-16(21)12-8-13(17(22)24-2)10-14(9-12)18-15(20)11-19-6-4-3-5-7-19/h3-4,8-10H,5-7,11H2,1-2H3,(H,18,20). The van der Waals surface area contributed by atoms with Gasteiger partial charge in [-0.15, -0.1) is 0 Å². The highest BCUT2D eigenvalue weighted by Crippen LogP contribution is 2.17. The predicted octanol–water partition coefficient (Wildman–Crippen LogP) is 1.46. The van der Waals surface area contributed by atoms with Crippen molar-refractivity contribution in [2.24, 2.45) is 0 Å². The average Bonchev–Trinajstić information content (AvgIpc) is 2.60. The topological polar surface area (TPSA) is 84.9 Å². The molecule has 7 heteroatoms. The molecule has 0 unspecified atom stereocenters. The van der Waals surface area contributed by atoms with Crippen molar-refractivity contribution in [1.82, 2.24) is 4.90 Å². The third kappa shape index (κ3) is 4.66. The molecule has 0 aliphatic carbocycles. The lowest BCUT2D eigenvalue weighted by Crippen LogP contribution is -2.35. The predicted molar refractivity (Wildman–Crippen MR) is 87.9 cm³/mol. The summed E-state index contributed by atoms with van der Waals surface area (Å²) in [5, 5.41) is 2.71. The molecule has 1 heterocycles. The SMILES string of the molecule is COC(=O)c1cc(NC(=O)CN2CC=CCC2)cc(C(=O)OC)c1. The molecule has 0 spiro atoms. The second kappa shape index (κ2) is 8.26. The van der Waals surface area contributed by atoms with Crippen LogP contribution in [-0.4, -0.2) is 56.6 Å². The highest BCUT2D eigenvalue weighted by molar-refractivity contribution is 5.99. The lowest BCUT2D eigenvalue weighted by Gasteiger charge is -2.22. The van der Waals surface area contributed by atoms with E-state index in [-0.39, 0.29) is 23.6 Å². The average molecular weight is 332 g/mol. The van der Waals surface area contributed by atoms with Gasteiger partial charge in [-0.25, -0.2) is 9.59 Å². The van der Waals surface area contributed by atoms with Gasteiger partial charge in [0.1, 0.15) is 0 Å². The van der Waals surface area contributed by atoms with Crippen LogP contribution in [0, 0.1) is 0 Å². The van der Waals surface area contributed by atoms with Crippen molar-refractivity contribution in [3.8, 4) is 0 Å². The van der Waals surface area contributed by atoms with Gasteiger partial charge in [0.15, 0.2) is 0 Å². The van der Waals surface area contributed by atoms with E-state index in [0.29, 0.717) is 5.69 Å². The number of methoxy groups -OCH3 is 2. The number of hydrogen-bond acceptors (Lipinski definition) is 6. The minimum atomic E-state index is -0.600. The van der Waals surface area contributed by atoms with E-state index in [1.165, 1.54) is 32.4 Å². The van der Waals surface area contributed by atoms with Gasteiger partial charge in [-0.2, -0.15) is 0 Å². The Morgan fingerprint density at radius 1 is 1.04 bits per heavy atom. The van der Waals surface area contributed by atoms with E-state index in [4.69, 9.17) is 0 Å².